The number of carbonyl (C=O) groups is 1. The zero-order valence-electron chi connectivity index (χ0n) is 7.66. The quantitative estimate of drug-likeness (QED) is 0.704. The molecule has 0 spiro atoms. The van der Waals surface area contributed by atoms with Gasteiger partial charge >= 0.3 is 5.97 Å². The maximum absolute atomic E-state index is 10.8. The average molecular weight is 179 g/mol. The zero-order valence-corrected chi connectivity index (χ0v) is 7.66. The minimum Gasteiger partial charge on any atom is -0.481 e. The maximum Gasteiger partial charge on any atom is 0.306 e. The Kier molecular flexibility index (Phi) is 1.87. The molecule has 3 nitrogen and oxygen atoms in total. The van der Waals surface area contributed by atoms with Gasteiger partial charge in [-0.05, 0) is 30.4 Å². The lowest BCUT2D eigenvalue weighted by molar-refractivity contribution is -0.142. The highest BCUT2D eigenvalue weighted by Gasteiger charge is 2.24. The summed E-state index contributed by atoms with van der Waals surface area (Å²) in [6.45, 7) is 0. The summed E-state index contributed by atoms with van der Waals surface area (Å²) in [7, 11) is 1.98. The van der Waals surface area contributed by atoms with Gasteiger partial charge < -0.3 is 9.67 Å². The van der Waals surface area contributed by atoms with Crippen molar-refractivity contribution < 1.29 is 9.90 Å². The van der Waals surface area contributed by atoms with Gasteiger partial charge in [0.25, 0.3) is 0 Å². The van der Waals surface area contributed by atoms with E-state index in [2.05, 4.69) is 6.20 Å². The summed E-state index contributed by atoms with van der Waals surface area (Å²) in [6.07, 6.45) is 6.52. The van der Waals surface area contributed by atoms with Gasteiger partial charge in [0.15, 0.2) is 0 Å². The fourth-order valence-electron chi connectivity index (χ4n) is 2.01. The van der Waals surface area contributed by atoms with E-state index in [1.54, 1.807) is 0 Å². The molecular weight excluding hydrogens is 166 g/mol. The number of hydrogen-bond acceptors (Lipinski definition) is 1. The Morgan fingerprint density at radius 3 is 2.92 bits per heavy atom. The predicted octanol–water partition coefficient (Wildman–Crippen LogP) is 1.21. The van der Waals surface area contributed by atoms with Crippen LogP contribution in [0, 0.1) is 5.92 Å². The van der Waals surface area contributed by atoms with Crippen molar-refractivity contribution in [2.45, 2.75) is 19.3 Å². The molecule has 0 saturated heterocycles. The Balaban J connectivity index is 2.24. The molecule has 70 valence electrons. The summed E-state index contributed by atoms with van der Waals surface area (Å²) >= 11 is 0. The highest BCUT2D eigenvalue weighted by molar-refractivity contribution is 5.71. The lowest BCUT2D eigenvalue weighted by Crippen LogP contribution is -2.21. The molecule has 0 saturated carbocycles. The first kappa shape index (κ1) is 8.35. The van der Waals surface area contributed by atoms with Crippen molar-refractivity contribution in [1.29, 1.82) is 0 Å². The van der Waals surface area contributed by atoms with Gasteiger partial charge in [-0.3, -0.25) is 4.79 Å². The van der Waals surface area contributed by atoms with Gasteiger partial charge in [-0.2, -0.15) is 0 Å². The fourth-order valence-corrected chi connectivity index (χ4v) is 2.01. The highest BCUT2D eigenvalue weighted by atomic mass is 16.4. The Hall–Kier alpha value is -1.25. The predicted molar refractivity (Wildman–Crippen MR) is 48.6 cm³/mol. The molecule has 1 aliphatic rings. The van der Waals surface area contributed by atoms with Crippen LogP contribution in [-0.2, 0) is 24.7 Å². The topological polar surface area (TPSA) is 42.2 Å². The molecule has 3 heteroatoms. The van der Waals surface area contributed by atoms with Crippen molar-refractivity contribution >= 4 is 5.97 Å². The molecular formula is C10H13NO2. The number of carboxylic acid groups (broad SMARTS) is 1. The van der Waals surface area contributed by atoms with Crippen LogP contribution in [0.4, 0.5) is 0 Å². The van der Waals surface area contributed by atoms with E-state index >= 15 is 0 Å². The molecule has 1 heterocycles. The van der Waals surface area contributed by atoms with Crippen LogP contribution in [0.15, 0.2) is 12.4 Å². The first-order valence-corrected chi connectivity index (χ1v) is 4.53. The van der Waals surface area contributed by atoms with Crippen molar-refractivity contribution in [2.24, 2.45) is 13.0 Å². The minimum atomic E-state index is -0.658. The van der Waals surface area contributed by atoms with Crippen LogP contribution < -0.4 is 0 Å². The van der Waals surface area contributed by atoms with E-state index in [1.165, 1.54) is 11.1 Å². The molecule has 0 radical (unpaired) electrons. The third-order valence-electron chi connectivity index (χ3n) is 2.71. The van der Waals surface area contributed by atoms with Gasteiger partial charge in [0, 0.05) is 19.4 Å². The monoisotopic (exact) mass is 179 g/mol. The molecule has 0 aliphatic heterocycles. The van der Waals surface area contributed by atoms with Crippen LogP contribution in [0.1, 0.15) is 17.5 Å². The van der Waals surface area contributed by atoms with Gasteiger partial charge in [0.1, 0.15) is 0 Å². The third kappa shape index (κ3) is 1.46. The van der Waals surface area contributed by atoms with E-state index in [9.17, 15) is 4.79 Å². The van der Waals surface area contributed by atoms with Crippen LogP contribution in [0.25, 0.3) is 0 Å². The first-order chi connectivity index (χ1) is 6.16. The molecule has 13 heavy (non-hydrogen) atoms. The number of fused-ring (bicyclic) bond motifs is 1. The van der Waals surface area contributed by atoms with E-state index in [0.717, 1.165) is 12.8 Å². The highest BCUT2D eigenvalue weighted by Crippen LogP contribution is 2.25. The van der Waals surface area contributed by atoms with Gasteiger partial charge in [-0.15, -0.1) is 0 Å². The molecule has 1 aromatic heterocycles. The van der Waals surface area contributed by atoms with Crippen LogP contribution in [0.5, 0.6) is 0 Å². The SMILES string of the molecule is Cn1cc2c(c1)CC(C(=O)O)CC2. The van der Waals surface area contributed by atoms with Crippen LogP contribution in [-0.4, -0.2) is 15.6 Å². The number of carboxylic acids is 1. The fraction of sp³-hybridized carbons (Fsp3) is 0.500. The smallest absolute Gasteiger partial charge is 0.306 e. The summed E-state index contributed by atoms with van der Waals surface area (Å²) < 4.78 is 2.01. The summed E-state index contributed by atoms with van der Waals surface area (Å²) in [5.41, 5.74) is 2.53. The normalized spacial score (nSPS) is 21.2. The second-order valence-electron chi connectivity index (χ2n) is 3.75. The van der Waals surface area contributed by atoms with Crippen molar-refractivity contribution in [3.63, 3.8) is 0 Å². The Morgan fingerprint density at radius 2 is 2.23 bits per heavy atom. The molecule has 1 N–H and O–H groups in total. The molecule has 1 atom stereocenters. The molecule has 0 bridgehead atoms. The lowest BCUT2D eigenvalue weighted by Gasteiger charge is -2.17. The summed E-state index contributed by atoms with van der Waals surface area (Å²) in [4.78, 5) is 10.8. The largest absolute Gasteiger partial charge is 0.481 e. The minimum absolute atomic E-state index is 0.171. The first-order valence-electron chi connectivity index (χ1n) is 4.53. The Bertz CT molecular complexity index is 341. The summed E-state index contributed by atoms with van der Waals surface area (Å²) in [6, 6.07) is 0. The summed E-state index contributed by atoms with van der Waals surface area (Å²) in [5, 5.41) is 8.86. The second-order valence-corrected chi connectivity index (χ2v) is 3.75. The molecule has 1 aliphatic carbocycles. The van der Waals surface area contributed by atoms with E-state index in [-0.39, 0.29) is 5.92 Å². The molecule has 1 unspecified atom stereocenters. The summed E-state index contributed by atoms with van der Waals surface area (Å²) in [5.74, 6) is -0.829. The van der Waals surface area contributed by atoms with Crippen molar-refractivity contribution in [1.82, 2.24) is 4.57 Å². The van der Waals surface area contributed by atoms with Crippen LogP contribution in [0.3, 0.4) is 0 Å². The van der Waals surface area contributed by atoms with Gasteiger partial charge in [-0.1, -0.05) is 0 Å². The van der Waals surface area contributed by atoms with Crippen LogP contribution in [0.2, 0.25) is 0 Å². The molecule has 2 rings (SSSR count). The van der Waals surface area contributed by atoms with Gasteiger partial charge in [-0.25, -0.2) is 0 Å². The van der Waals surface area contributed by atoms with Crippen LogP contribution >= 0.6 is 0 Å². The maximum atomic E-state index is 10.8. The number of nitrogens with zero attached hydrogens (tertiary/aromatic N) is 1. The van der Waals surface area contributed by atoms with Gasteiger partial charge in [0.05, 0.1) is 5.92 Å². The average Bonchev–Trinajstić information content (AvgIpc) is 2.42. The number of hydrogen-bond donors (Lipinski definition) is 1. The zero-order chi connectivity index (χ0) is 9.42. The van der Waals surface area contributed by atoms with Crippen molar-refractivity contribution in [2.75, 3.05) is 0 Å². The van der Waals surface area contributed by atoms with Gasteiger partial charge in [0.2, 0.25) is 0 Å². The molecule has 0 aromatic carbocycles. The van der Waals surface area contributed by atoms with Crippen molar-refractivity contribution in [3.05, 3.63) is 23.5 Å². The molecule has 1 aromatic rings. The van der Waals surface area contributed by atoms with E-state index in [4.69, 9.17) is 5.11 Å². The Labute approximate surface area is 77.0 Å². The second kappa shape index (κ2) is 2.91. The number of aryl methyl sites for hydroxylation is 2. The third-order valence-corrected chi connectivity index (χ3v) is 2.71. The number of rotatable bonds is 1. The molecule has 0 fully saturated rings. The molecule has 0 amide bonds. The van der Waals surface area contributed by atoms with E-state index < -0.39 is 5.97 Å². The Morgan fingerprint density at radius 1 is 1.54 bits per heavy atom. The number of aromatic nitrogens is 1. The van der Waals surface area contributed by atoms with E-state index in [0.29, 0.717) is 6.42 Å². The lowest BCUT2D eigenvalue weighted by atomic mass is 9.86. The van der Waals surface area contributed by atoms with Crippen molar-refractivity contribution in [3.8, 4) is 0 Å². The number of aliphatic carboxylic acids is 1. The standard InChI is InChI=1S/C10H13NO2/c1-11-5-8-3-2-7(10(12)13)4-9(8)6-11/h5-7H,2-4H2,1H3,(H,12,13). The van der Waals surface area contributed by atoms with E-state index in [1.807, 2.05) is 17.8 Å².